The molecule has 3 rings (SSSR count). The number of urea groups is 1. The van der Waals surface area contributed by atoms with Crippen LogP contribution in [-0.2, 0) is 6.42 Å². The van der Waals surface area contributed by atoms with Crippen molar-refractivity contribution in [1.82, 2.24) is 4.98 Å². The molecular weight excluding hydrogens is 274 g/mol. The molecule has 0 aliphatic carbocycles. The van der Waals surface area contributed by atoms with E-state index in [1.54, 1.807) is 12.3 Å². The van der Waals surface area contributed by atoms with Crippen LogP contribution in [0.5, 0.6) is 0 Å². The van der Waals surface area contributed by atoms with Gasteiger partial charge in [0, 0.05) is 17.3 Å². The first kappa shape index (κ1) is 14.1. The van der Waals surface area contributed by atoms with Crippen molar-refractivity contribution in [3.63, 3.8) is 0 Å². The Bertz CT molecular complexity index is 809. The van der Waals surface area contributed by atoms with E-state index in [1.807, 2.05) is 48.5 Å². The zero-order valence-corrected chi connectivity index (χ0v) is 12.3. The van der Waals surface area contributed by atoms with Gasteiger partial charge in [0.2, 0.25) is 0 Å². The Morgan fingerprint density at radius 2 is 1.91 bits per heavy atom. The van der Waals surface area contributed by atoms with Crippen LogP contribution >= 0.6 is 0 Å². The molecule has 4 nitrogen and oxygen atoms in total. The number of benzene rings is 2. The van der Waals surface area contributed by atoms with Crippen LogP contribution in [0.15, 0.2) is 60.8 Å². The number of carbonyl (C=O) groups excluding carboxylic acids is 1. The summed E-state index contributed by atoms with van der Waals surface area (Å²) in [6.45, 7) is 2.09. The molecule has 110 valence electrons. The maximum absolute atomic E-state index is 12.2. The predicted octanol–water partition coefficient (Wildman–Crippen LogP) is 4.44. The second-order valence-electron chi connectivity index (χ2n) is 5.01. The van der Waals surface area contributed by atoms with Gasteiger partial charge in [0.05, 0.1) is 11.2 Å². The monoisotopic (exact) mass is 291 g/mol. The minimum atomic E-state index is -0.260. The van der Waals surface area contributed by atoms with Crippen molar-refractivity contribution in [3.8, 4) is 0 Å². The van der Waals surface area contributed by atoms with E-state index in [0.717, 1.165) is 28.7 Å². The molecule has 0 unspecified atom stereocenters. The minimum absolute atomic E-state index is 0.260. The second-order valence-corrected chi connectivity index (χ2v) is 5.01. The molecule has 1 heterocycles. The number of rotatable bonds is 3. The molecule has 2 aromatic carbocycles. The maximum Gasteiger partial charge on any atom is 0.323 e. The van der Waals surface area contributed by atoms with Gasteiger partial charge in [0.1, 0.15) is 0 Å². The van der Waals surface area contributed by atoms with Gasteiger partial charge in [-0.3, -0.25) is 4.98 Å². The van der Waals surface area contributed by atoms with Crippen LogP contribution in [-0.4, -0.2) is 11.0 Å². The summed E-state index contributed by atoms with van der Waals surface area (Å²) in [5.74, 6) is 0. The van der Waals surface area contributed by atoms with Gasteiger partial charge in [-0.05, 0) is 36.2 Å². The van der Waals surface area contributed by atoms with Crippen LogP contribution in [0.3, 0.4) is 0 Å². The van der Waals surface area contributed by atoms with Gasteiger partial charge in [-0.15, -0.1) is 0 Å². The van der Waals surface area contributed by atoms with Crippen LogP contribution < -0.4 is 10.6 Å². The normalized spacial score (nSPS) is 10.4. The molecule has 22 heavy (non-hydrogen) atoms. The Balaban J connectivity index is 1.78. The lowest BCUT2D eigenvalue weighted by atomic mass is 10.1. The molecule has 0 spiro atoms. The Morgan fingerprint density at radius 1 is 1.05 bits per heavy atom. The number of aromatic nitrogens is 1. The highest BCUT2D eigenvalue weighted by atomic mass is 16.2. The average Bonchev–Trinajstić information content (AvgIpc) is 2.55. The van der Waals surface area contributed by atoms with Gasteiger partial charge in [-0.1, -0.05) is 37.3 Å². The standard InChI is InChI=1S/C18H17N3O/c1-2-13-6-5-7-14(12-13)20-18(22)21-17-10-11-19-16-9-4-3-8-15(16)17/h3-12H,2H2,1H3,(H2,19,20,21,22). The Hall–Kier alpha value is -2.88. The molecule has 0 atom stereocenters. The van der Waals surface area contributed by atoms with Crippen LogP contribution in [0.2, 0.25) is 0 Å². The fraction of sp³-hybridized carbons (Fsp3) is 0.111. The molecule has 0 bridgehead atoms. The van der Waals surface area contributed by atoms with Crippen molar-refractivity contribution in [1.29, 1.82) is 0 Å². The quantitative estimate of drug-likeness (QED) is 0.749. The zero-order chi connectivity index (χ0) is 15.4. The fourth-order valence-corrected chi connectivity index (χ4v) is 2.36. The summed E-state index contributed by atoms with van der Waals surface area (Å²) in [4.78, 5) is 16.5. The number of nitrogens with zero attached hydrogens (tertiary/aromatic N) is 1. The van der Waals surface area contributed by atoms with Crippen molar-refractivity contribution in [2.45, 2.75) is 13.3 Å². The van der Waals surface area contributed by atoms with E-state index < -0.39 is 0 Å². The van der Waals surface area contributed by atoms with E-state index in [4.69, 9.17) is 0 Å². The van der Waals surface area contributed by atoms with E-state index in [0.29, 0.717) is 0 Å². The molecule has 0 fully saturated rings. The third-order valence-corrected chi connectivity index (χ3v) is 3.49. The first-order chi connectivity index (χ1) is 10.8. The molecule has 3 aromatic rings. The number of para-hydroxylation sites is 1. The summed E-state index contributed by atoms with van der Waals surface area (Å²) in [6.07, 6.45) is 2.63. The number of hydrogen-bond donors (Lipinski definition) is 2. The predicted molar refractivity (Wildman–Crippen MR) is 90.2 cm³/mol. The Morgan fingerprint density at radius 3 is 2.77 bits per heavy atom. The van der Waals surface area contributed by atoms with Crippen molar-refractivity contribution in [2.75, 3.05) is 10.6 Å². The average molecular weight is 291 g/mol. The maximum atomic E-state index is 12.2. The number of amides is 2. The number of nitrogens with one attached hydrogen (secondary N) is 2. The van der Waals surface area contributed by atoms with Gasteiger partial charge in [0.15, 0.2) is 0 Å². The lowest BCUT2D eigenvalue weighted by molar-refractivity contribution is 0.262. The van der Waals surface area contributed by atoms with Gasteiger partial charge in [-0.2, -0.15) is 0 Å². The highest BCUT2D eigenvalue weighted by Crippen LogP contribution is 2.21. The summed E-state index contributed by atoms with van der Waals surface area (Å²) in [7, 11) is 0. The first-order valence-electron chi connectivity index (χ1n) is 7.27. The minimum Gasteiger partial charge on any atom is -0.308 e. The smallest absolute Gasteiger partial charge is 0.308 e. The number of aryl methyl sites for hydroxylation is 1. The zero-order valence-electron chi connectivity index (χ0n) is 12.3. The third kappa shape index (κ3) is 3.06. The van der Waals surface area contributed by atoms with Crippen molar-refractivity contribution >= 4 is 28.3 Å². The van der Waals surface area contributed by atoms with Crippen molar-refractivity contribution in [2.24, 2.45) is 0 Å². The SMILES string of the molecule is CCc1cccc(NC(=O)Nc2ccnc3ccccc23)c1. The van der Waals surface area contributed by atoms with Crippen LogP contribution in [0.1, 0.15) is 12.5 Å². The largest absolute Gasteiger partial charge is 0.323 e. The van der Waals surface area contributed by atoms with Crippen molar-refractivity contribution in [3.05, 3.63) is 66.4 Å². The third-order valence-electron chi connectivity index (χ3n) is 3.49. The molecule has 0 saturated carbocycles. The summed E-state index contributed by atoms with van der Waals surface area (Å²) in [5.41, 5.74) is 3.57. The topological polar surface area (TPSA) is 54.0 Å². The van der Waals surface area contributed by atoms with Crippen LogP contribution in [0.25, 0.3) is 10.9 Å². The second kappa shape index (κ2) is 6.26. The molecular formula is C18H17N3O. The van der Waals surface area contributed by atoms with Gasteiger partial charge in [-0.25, -0.2) is 4.79 Å². The molecule has 1 aromatic heterocycles. The van der Waals surface area contributed by atoms with Gasteiger partial charge in [0.25, 0.3) is 0 Å². The molecule has 0 aliphatic rings. The molecule has 0 saturated heterocycles. The highest BCUT2D eigenvalue weighted by Gasteiger charge is 2.06. The van der Waals surface area contributed by atoms with Gasteiger partial charge >= 0.3 is 6.03 Å². The van der Waals surface area contributed by atoms with E-state index in [9.17, 15) is 4.79 Å². The number of anilines is 2. The molecule has 0 radical (unpaired) electrons. The number of carbonyl (C=O) groups is 1. The summed E-state index contributed by atoms with van der Waals surface area (Å²) in [6, 6.07) is 17.1. The van der Waals surface area contributed by atoms with E-state index in [2.05, 4.69) is 22.5 Å². The Labute approximate surface area is 129 Å². The highest BCUT2D eigenvalue weighted by molar-refractivity contribution is 6.05. The number of hydrogen-bond acceptors (Lipinski definition) is 2. The lowest BCUT2D eigenvalue weighted by Crippen LogP contribution is -2.19. The van der Waals surface area contributed by atoms with Crippen molar-refractivity contribution < 1.29 is 4.79 Å². The molecule has 2 N–H and O–H groups in total. The molecule has 4 heteroatoms. The number of fused-ring (bicyclic) bond motifs is 1. The lowest BCUT2D eigenvalue weighted by Gasteiger charge is -2.10. The van der Waals surface area contributed by atoms with E-state index >= 15 is 0 Å². The Kier molecular flexibility index (Phi) is 4.01. The molecule has 0 aliphatic heterocycles. The summed E-state index contributed by atoms with van der Waals surface area (Å²) >= 11 is 0. The fourth-order valence-electron chi connectivity index (χ4n) is 2.36. The van der Waals surface area contributed by atoms with Crippen LogP contribution in [0.4, 0.5) is 16.2 Å². The molecule has 2 amide bonds. The van der Waals surface area contributed by atoms with E-state index in [1.165, 1.54) is 5.56 Å². The summed E-state index contributed by atoms with van der Waals surface area (Å²) in [5, 5.41) is 6.66. The first-order valence-corrected chi connectivity index (χ1v) is 7.27. The van der Waals surface area contributed by atoms with E-state index in [-0.39, 0.29) is 6.03 Å². The van der Waals surface area contributed by atoms with Gasteiger partial charge < -0.3 is 10.6 Å². The summed E-state index contributed by atoms with van der Waals surface area (Å²) < 4.78 is 0. The van der Waals surface area contributed by atoms with Crippen LogP contribution in [0, 0.1) is 0 Å². The number of pyridine rings is 1.